The zero-order valence-corrected chi connectivity index (χ0v) is 16.8. The van der Waals surface area contributed by atoms with Gasteiger partial charge >= 0.3 is 0 Å². The number of ketones is 1. The van der Waals surface area contributed by atoms with E-state index < -0.39 is 5.41 Å². The lowest BCUT2D eigenvalue weighted by atomic mass is 9.88. The van der Waals surface area contributed by atoms with Crippen molar-refractivity contribution >= 4 is 17.4 Å². The van der Waals surface area contributed by atoms with Gasteiger partial charge in [-0.25, -0.2) is 0 Å². The zero-order chi connectivity index (χ0) is 20.0. The molecule has 0 N–H and O–H groups in total. The van der Waals surface area contributed by atoms with E-state index >= 15 is 0 Å². The smallest absolute Gasteiger partial charge is 0.231 e. The first-order chi connectivity index (χ1) is 14.0. The Hall–Kier alpha value is -2.85. The van der Waals surface area contributed by atoms with E-state index in [4.69, 9.17) is 21.1 Å². The molecule has 0 atom stereocenters. The van der Waals surface area contributed by atoms with Crippen molar-refractivity contribution in [1.29, 1.82) is 0 Å². The van der Waals surface area contributed by atoms with Crippen molar-refractivity contribution in [3.05, 3.63) is 76.6 Å². The number of hydrogen-bond acceptors (Lipinski definition) is 4. The molecule has 3 aromatic rings. The summed E-state index contributed by atoms with van der Waals surface area (Å²) >= 11 is 5.98. The number of Topliss-reactive ketones (excluding diaryl/α,β-unsaturated/α-hetero) is 1. The third kappa shape index (κ3) is 3.28. The maximum absolute atomic E-state index is 13.2. The van der Waals surface area contributed by atoms with Crippen LogP contribution in [0.5, 0.6) is 11.5 Å². The maximum atomic E-state index is 13.2. The Labute approximate surface area is 174 Å². The first-order valence-electron chi connectivity index (χ1n) is 9.70. The van der Waals surface area contributed by atoms with Crippen LogP contribution in [0.3, 0.4) is 0 Å². The van der Waals surface area contributed by atoms with Crippen molar-refractivity contribution in [2.24, 2.45) is 0 Å². The van der Waals surface area contributed by atoms with Gasteiger partial charge in [-0.05, 0) is 66.8 Å². The van der Waals surface area contributed by atoms with Crippen LogP contribution in [0, 0.1) is 6.92 Å². The predicted molar refractivity (Wildman–Crippen MR) is 112 cm³/mol. The second-order valence-corrected chi connectivity index (χ2v) is 8.18. The van der Waals surface area contributed by atoms with Gasteiger partial charge in [-0.1, -0.05) is 29.8 Å². The second kappa shape index (κ2) is 6.89. The predicted octanol–water partition coefficient (Wildman–Crippen LogP) is 5.28. The van der Waals surface area contributed by atoms with Crippen LogP contribution in [0.2, 0.25) is 5.02 Å². The number of carbonyl (C=O) groups excluding carboxylic acids is 1. The summed E-state index contributed by atoms with van der Waals surface area (Å²) in [4.78, 5) is 17.8. The number of aryl methyl sites for hydroxylation is 1. The van der Waals surface area contributed by atoms with E-state index in [1.807, 2.05) is 55.6 Å². The number of rotatable bonds is 5. The molecule has 0 unspecified atom stereocenters. The van der Waals surface area contributed by atoms with Crippen LogP contribution < -0.4 is 9.47 Å². The second-order valence-electron chi connectivity index (χ2n) is 7.74. The summed E-state index contributed by atoms with van der Waals surface area (Å²) in [5.74, 6) is 1.68. The molecule has 5 rings (SSSR count). The number of pyridine rings is 1. The van der Waals surface area contributed by atoms with Crippen LogP contribution >= 0.6 is 11.6 Å². The summed E-state index contributed by atoms with van der Waals surface area (Å²) < 4.78 is 10.9. The Bertz CT molecular complexity index is 1100. The highest BCUT2D eigenvalue weighted by atomic mass is 35.5. The maximum Gasteiger partial charge on any atom is 0.231 e. The van der Waals surface area contributed by atoms with Crippen molar-refractivity contribution in [3.63, 3.8) is 0 Å². The molecule has 0 bridgehead atoms. The normalized spacial score (nSPS) is 15.9. The van der Waals surface area contributed by atoms with Crippen LogP contribution in [-0.2, 0) is 16.6 Å². The number of aromatic nitrogens is 1. The van der Waals surface area contributed by atoms with Crippen molar-refractivity contribution in [2.45, 2.75) is 31.6 Å². The third-order valence-electron chi connectivity index (χ3n) is 5.90. The number of carbonyl (C=O) groups is 1. The highest BCUT2D eigenvalue weighted by Gasteiger charge is 2.51. The molecule has 0 amide bonds. The Morgan fingerprint density at radius 3 is 2.52 bits per heavy atom. The van der Waals surface area contributed by atoms with Gasteiger partial charge in [-0.3, -0.25) is 9.78 Å². The molecule has 2 aromatic carbocycles. The lowest BCUT2D eigenvalue weighted by molar-refractivity contribution is -0.120. The number of hydrogen-bond donors (Lipinski definition) is 0. The topological polar surface area (TPSA) is 48.4 Å². The van der Waals surface area contributed by atoms with E-state index in [1.165, 1.54) is 0 Å². The molecule has 146 valence electrons. The van der Waals surface area contributed by atoms with E-state index in [0.717, 1.165) is 52.3 Å². The molecular formula is C24H20ClNO3. The number of ether oxygens (including phenoxy) is 2. The van der Waals surface area contributed by atoms with E-state index in [9.17, 15) is 4.79 Å². The van der Waals surface area contributed by atoms with Gasteiger partial charge in [0.1, 0.15) is 5.78 Å². The molecule has 2 aliphatic rings. The van der Waals surface area contributed by atoms with Gasteiger partial charge in [0.05, 0.1) is 11.1 Å². The number of nitrogens with zero attached hydrogens (tertiary/aromatic N) is 1. The van der Waals surface area contributed by atoms with Crippen molar-refractivity contribution in [1.82, 2.24) is 4.98 Å². The van der Waals surface area contributed by atoms with Gasteiger partial charge in [-0.15, -0.1) is 0 Å². The average Bonchev–Trinajstić information content (AvgIpc) is 3.41. The molecule has 1 aliphatic carbocycles. The first-order valence-corrected chi connectivity index (χ1v) is 10.1. The lowest BCUT2D eigenvalue weighted by Crippen LogP contribution is -2.23. The minimum atomic E-state index is -0.413. The highest BCUT2D eigenvalue weighted by molar-refractivity contribution is 6.30. The molecule has 1 saturated carbocycles. The van der Waals surface area contributed by atoms with Gasteiger partial charge in [0.25, 0.3) is 0 Å². The minimum absolute atomic E-state index is 0.214. The molecule has 29 heavy (non-hydrogen) atoms. The van der Waals surface area contributed by atoms with E-state index in [2.05, 4.69) is 11.1 Å². The summed E-state index contributed by atoms with van der Waals surface area (Å²) in [7, 11) is 0. The molecule has 0 radical (unpaired) electrons. The van der Waals surface area contributed by atoms with E-state index in [0.29, 0.717) is 11.4 Å². The Morgan fingerprint density at radius 2 is 1.79 bits per heavy atom. The summed E-state index contributed by atoms with van der Waals surface area (Å²) in [5.41, 5.74) is 4.53. The quantitative estimate of drug-likeness (QED) is 0.579. The Balaban J connectivity index is 1.37. The largest absolute Gasteiger partial charge is 0.454 e. The standard InChI is InChI=1S/C24H20ClNO3/c1-15-10-17(16-2-5-19(25)6-3-16)13-26-20(15)12-23(27)24(8-9-24)18-4-7-21-22(11-18)29-14-28-21/h2-7,10-11,13H,8-9,12,14H2,1H3. The fraction of sp³-hybridized carbons (Fsp3) is 0.250. The van der Waals surface area contributed by atoms with Crippen LogP contribution in [0.15, 0.2) is 54.7 Å². The number of halogens is 1. The molecule has 1 aliphatic heterocycles. The average molecular weight is 406 g/mol. The summed E-state index contributed by atoms with van der Waals surface area (Å²) in [6, 6.07) is 15.6. The van der Waals surface area contributed by atoms with Crippen LogP contribution in [0.4, 0.5) is 0 Å². The van der Waals surface area contributed by atoms with Crippen molar-refractivity contribution in [3.8, 4) is 22.6 Å². The number of fused-ring (bicyclic) bond motifs is 1. The SMILES string of the molecule is Cc1cc(-c2ccc(Cl)cc2)cnc1CC(=O)C1(c2ccc3c(c2)OCO3)CC1. The molecule has 5 heteroatoms. The molecular weight excluding hydrogens is 386 g/mol. The fourth-order valence-electron chi connectivity index (χ4n) is 3.96. The van der Waals surface area contributed by atoms with E-state index in [1.54, 1.807) is 0 Å². The molecule has 4 nitrogen and oxygen atoms in total. The molecule has 1 aromatic heterocycles. The lowest BCUT2D eigenvalue weighted by Gasteiger charge is -2.16. The zero-order valence-electron chi connectivity index (χ0n) is 16.1. The van der Waals surface area contributed by atoms with Gasteiger partial charge in [0.15, 0.2) is 11.5 Å². The van der Waals surface area contributed by atoms with Gasteiger partial charge in [0, 0.05) is 23.2 Å². The van der Waals surface area contributed by atoms with Crippen LogP contribution in [0.1, 0.15) is 29.7 Å². The van der Waals surface area contributed by atoms with Crippen molar-refractivity contribution in [2.75, 3.05) is 6.79 Å². The molecule has 0 spiro atoms. The highest BCUT2D eigenvalue weighted by Crippen LogP contribution is 2.51. The summed E-state index contributed by atoms with van der Waals surface area (Å²) in [6.45, 7) is 2.25. The minimum Gasteiger partial charge on any atom is -0.454 e. The monoisotopic (exact) mass is 405 g/mol. The van der Waals surface area contributed by atoms with Crippen LogP contribution in [0.25, 0.3) is 11.1 Å². The fourth-order valence-corrected chi connectivity index (χ4v) is 4.08. The number of benzene rings is 2. The molecule has 0 saturated heterocycles. The van der Waals surface area contributed by atoms with Gasteiger partial charge in [-0.2, -0.15) is 0 Å². The Kier molecular flexibility index (Phi) is 4.32. The van der Waals surface area contributed by atoms with Crippen molar-refractivity contribution < 1.29 is 14.3 Å². The molecule has 2 heterocycles. The summed E-state index contributed by atoms with van der Waals surface area (Å²) in [5, 5.41) is 0.707. The summed E-state index contributed by atoms with van der Waals surface area (Å²) in [6.07, 6.45) is 3.90. The first kappa shape index (κ1) is 18.2. The molecule has 1 fully saturated rings. The van der Waals surface area contributed by atoms with Crippen LogP contribution in [-0.4, -0.2) is 17.6 Å². The van der Waals surface area contributed by atoms with Gasteiger partial charge < -0.3 is 9.47 Å². The van der Waals surface area contributed by atoms with Gasteiger partial charge in [0.2, 0.25) is 6.79 Å². The third-order valence-corrected chi connectivity index (χ3v) is 6.15. The van der Waals surface area contributed by atoms with E-state index in [-0.39, 0.29) is 12.6 Å². The Morgan fingerprint density at radius 1 is 1.03 bits per heavy atom.